The number of carbonyl (C=O) groups excluding carboxylic acids is 9. The van der Waals surface area contributed by atoms with E-state index >= 15 is 0 Å². The van der Waals surface area contributed by atoms with Crippen LogP contribution in [0.1, 0.15) is 81.9 Å². The highest BCUT2D eigenvalue weighted by molar-refractivity contribution is 6.23. The molecule has 18 N–H and O–H groups in total. The number of hydrogen-bond donors (Lipinski definition) is 12. The Bertz CT molecular complexity index is 3470. The Morgan fingerprint density at radius 2 is 1.02 bits per heavy atom. The number of primary amides is 2. The van der Waals surface area contributed by atoms with E-state index in [9.17, 15) is 43.2 Å². The van der Waals surface area contributed by atoms with Crippen LogP contribution in [0.4, 0.5) is 0 Å². The minimum Gasteiger partial charge on any atom is -0.370 e. The molecule has 1 fully saturated rings. The molecule has 0 bridgehead atoms. The van der Waals surface area contributed by atoms with Crippen molar-refractivity contribution in [2.45, 2.75) is 127 Å². The van der Waals surface area contributed by atoms with E-state index in [4.69, 9.17) is 34.4 Å². The van der Waals surface area contributed by atoms with E-state index < -0.39 is 102 Å². The van der Waals surface area contributed by atoms with Gasteiger partial charge in [0.25, 0.3) is 0 Å². The van der Waals surface area contributed by atoms with Crippen LogP contribution in [0.3, 0.4) is 0 Å². The molecule has 0 unspecified atom stereocenters. The molecule has 0 radical (unpaired) electrons. The molecule has 87 heavy (non-hydrogen) atoms. The Hall–Kier alpha value is -9.87. The van der Waals surface area contributed by atoms with Gasteiger partial charge in [0.1, 0.15) is 42.3 Å². The van der Waals surface area contributed by atoms with Crippen molar-refractivity contribution in [2.75, 3.05) is 19.6 Å². The normalized spacial score (nSPS) is 15.1. The molecule has 1 saturated heterocycles. The second-order valence-electron chi connectivity index (χ2n) is 22.4. The van der Waals surface area contributed by atoms with Gasteiger partial charge in [0.15, 0.2) is 11.9 Å². The lowest BCUT2D eigenvalue weighted by Crippen LogP contribution is -2.60. The maximum absolute atomic E-state index is 14.9. The molecule has 9 amide bonds. The first-order valence-electron chi connectivity index (χ1n) is 29.2. The van der Waals surface area contributed by atoms with E-state index in [2.05, 4.69) is 66.2 Å². The van der Waals surface area contributed by atoms with E-state index in [0.717, 1.165) is 43.4 Å². The van der Waals surface area contributed by atoms with Gasteiger partial charge in [-0.3, -0.25) is 53.1 Å². The van der Waals surface area contributed by atoms with Crippen molar-refractivity contribution in [3.63, 3.8) is 0 Å². The number of benzene rings is 6. The summed E-state index contributed by atoms with van der Waals surface area (Å²) >= 11 is 0. The van der Waals surface area contributed by atoms with Crippen LogP contribution in [-0.2, 0) is 62.4 Å². The molecule has 0 spiro atoms. The van der Waals surface area contributed by atoms with Crippen molar-refractivity contribution in [1.82, 2.24) is 36.8 Å². The Morgan fingerprint density at radius 1 is 0.529 bits per heavy atom. The number of nitrogens with one attached hydrogen (secondary N) is 6. The Balaban J connectivity index is 1.11. The zero-order chi connectivity index (χ0) is 62.7. The van der Waals surface area contributed by atoms with Crippen LogP contribution in [0, 0.1) is 5.92 Å². The van der Waals surface area contributed by atoms with Gasteiger partial charge in [-0.2, -0.15) is 0 Å². The van der Waals surface area contributed by atoms with Crippen molar-refractivity contribution >= 4 is 97.4 Å². The zero-order valence-electron chi connectivity index (χ0n) is 49.0. The average Bonchev–Trinajstić information content (AvgIpc) is 3.20. The van der Waals surface area contributed by atoms with E-state index in [0.29, 0.717) is 12.0 Å². The summed E-state index contributed by atoms with van der Waals surface area (Å²) in [6.07, 6.45) is 0.325. The molecule has 0 aliphatic carbocycles. The number of rotatable bonds is 31. The Labute approximate surface area is 504 Å². The highest BCUT2D eigenvalue weighted by atomic mass is 16.2. The molecule has 1 heterocycles. The van der Waals surface area contributed by atoms with Gasteiger partial charge >= 0.3 is 0 Å². The van der Waals surface area contributed by atoms with Gasteiger partial charge < -0.3 is 71.2 Å². The Kier molecular flexibility index (Phi) is 22.9. The van der Waals surface area contributed by atoms with Gasteiger partial charge in [-0.15, -0.1) is 0 Å². The van der Waals surface area contributed by atoms with Crippen LogP contribution in [0.5, 0.6) is 0 Å². The fourth-order valence-corrected chi connectivity index (χ4v) is 11.0. The number of aliphatic imine (C=N–C) groups is 2. The SMILES string of the molecule is CC(C)C[C@H](NC(=O)[C@H](Cc1ccccc1)NC(=O)Cc1ccc2ccc3cccc4ccc1c2c34)C(=O)N[C@@H](Cc1ccccc1)C(=O)N[C@@H](CCCN=C(N)N)C(=O)N1CCC[C@H]1C(=O)N[C@@H](CCCN=C(N)N)C(=O)N[C@@H](CC(N)=O)C(N)=O. The number of carbonyl (C=O) groups is 9. The fourth-order valence-electron chi connectivity index (χ4n) is 11.0. The lowest BCUT2D eigenvalue weighted by molar-refractivity contribution is -0.142. The second kappa shape index (κ2) is 30.8. The molecular weight excluding hydrogens is 1110 g/mol. The minimum absolute atomic E-state index is 0.0281. The summed E-state index contributed by atoms with van der Waals surface area (Å²) in [6.45, 7) is 3.96. The maximum atomic E-state index is 14.9. The molecule has 7 atom stereocenters. The Morgan fingerprint density at radius 3 is 1.59 bits per heavy atom. The number of hydrogen-bond acceptors (Lipinski definition) is 11. The molecule has 6 aromatic carbocycles. The second-order valence-corrected chi connectivity index (χ2v) is 22.4. The lowest BCUT2D eigenvalue weighted by Gasteiger charge is -2.31. The van der Waals surface area contributed by atoms with Crippen LogP contribution in [0.25, 0.3) is 32.3 Å². The molecule has 0 aromatic heterocycles. The van der Waals surface area contributed by atoms with Gasteiger partial charge in [-0.25, -0.2) is 0 Å². The van der Waals surface area contributed by atoms with Crippen LogP contribution in [0.15, 0.2) is 125 Å². The van der Waals surface area contributed by atoms with Crippen LogP contribution in [0.2, 0.25) is 0 Å². The van der Waals surface area contributed by atoms with E-state index in [1.54, 1.807) is 30.3 Å². The predicted octanol–water partition coefficient (Wildman–Crippen LogP) is 1.03. The highest BCUT2D eigenvalue weighted by Crippen LogP contribution is 2.36. The smallest absolute Gasteiger partial charge is 0.245 e. The highest BCUT2D eigenvalue weighted by Gasteiger charge is 2.40. The summed E-state index contributed by atoms with van der Waals surface area (Å²) in [6, 6.07) is 27.4. The van der Waals surface area contributed by atoms with Crippen LogP contribution < -0.4 is 66.3 Å². The summed E-state index contributed by atoms with van der Waals surface area (Å²) in [5.41, 5.74) is 35.1. The topological polar surface area (TPSA) is 410 Å². The number of amides is 9. The summed E-state index contributed by atoms with van der Waals surface area (Å²) < 4.78 is 0. The summed E-state index contributed by atoms with van der Waals surface area (Å²) in [5.74, 6) is -7.28. The summed E-state index contributed by atoms with van der Waals surface area (Å²) in [7, 11) is 0. The first-order chi connectivity index (χ1) is 41.6. The van der Waals surface area contributed by atoms with Crippen molar-refractivity contribution in [3.05, 3.63) is 132 Å². The van der Waals surface area contributed by atoms with Crippen molar-refractivity contribution < 1.29 is 43.2 Å². The number of guanidine groups is 2. The van der Waals surface area contributed by atoms with Crippen LogP contribution >= 0.6 is 0 Å². The average molecular weight is 1190 g/mol. The maximum Gasteiger partial charge on any atom is 0.245 e. The zero-order valence-corrected chi connectivity index (χ0v) is 49.0. The number of likely N-dealkylation sites (tertiary alicyclic amines) is 1. The molecule has 24 nitrogen and oxygen atoms in total. The van der Waals surface area contributed by atoms with E-state index in [-0.39, 0.29) is 95.3 Å². The monoisotopic (exact) mass is 1190 g/mol. The van der Waals surface area contributed by atoms with Crippen molar-refractivity contribution in [2.24, 2.45) is 50.3 Å². The third-order valence-electron chi connectivity index (χ3n) is 15.2. The standard InChI is InChI=1S/C63H79N15O9/c1-36(2)31-47(76-58(84)48(32-37-13-5-3-6-14-37)72-52(80)34-42-25-24-41-23-22-39-17-9-18-40-26-27-43(42)54(41)53(39)40)57(83)77-49(33-38-15-7-4-8-16-38)59(85)74-45(20-11-29-71-63(68)69)61(87)78-30-12-21-50(78)60(86)73-44(19-10-28-70-62(66)67)56(82)75-46(55(65)81)35-51(64)79/h3-9,13-18,22-27,36,44-50H,10-12,19-21,28-35H2,1-2H3,(H2,64,79)(H2,65,81)(H,72,80)(H,73,86)(H,74,85)(H,75,82)(H,76,84)(H,77,83)(H4,66,67,70)(H4,68,69,71)/t44-,45-,46-,47-,48-,49-,50-/m0/s1. The summed E-state index contributed by atoms with van der Waals surface area (Å²) in [5, 5.41) is 23.0. The van der Waals surface area contributed by atoms with E-state index in [1.165, 1.54) is 4.90 Å². The summed E-state index contributed by atoms with van der Waals surface area (Å²) in [4.78, 5) is 135. The van der Waals surface area contributed by atoms with Gasteiger partial charge in [-0.05, 0) is 99.9 Å². The third-order valence-corrected chi connectivity index (χ3v) is 15.2. The molecule has 1 aliphatic rings. The first-order valence-corrected chi connectivity index (χ1v) is 29.2. The van der Waals surface area contributed by atoms with Gasteiger partial charge in [0.05, 0.1) is 12.8 Å². The molecule has 6 aromatic rings. The van der Waals surface area contributed by atoms with Gasteiger partial charge in [-0.1, -0.05) is 129 Å². The largest absolute Gasteiger partial charge is 0.370 e. The molecule has 460 valence electrons. The number of nitrogens with two attached hydrogens (primary N) is 6. The predicted molar refractivity (Wildman–Crippen MR) is 333 cm³/mol. The molecule has 24 heteroatoms. The van der Waals surface area contributed by atoms with E-state index in [1.807, 2.05) is 74.5 Å². The van der Waals surface area contributed by atoms with Crippen molar-refractivity contribution in [1.29, 1.82) is 0 Å². The van der Waals surface area contributed by atoms with Crippen LogP contribution in [-0.4, -0.2) is 132 Å². The number of nitrogens with zero attached hydrogens (tertiary/aromatic N) is 3. The lowest BCUT2D eigenvalue weighted by atomic mass is 9.91. The first kappa shape index (κ1) is 64.7. The molecular formula is C63H79N15O9. The molecule has 7 rings (SSSR count). The minimum atomic E-state index is -1.49. The molecule has 0 saturated carbocycles. The quantitative estimate of drug-likeness (QED) is 0.0125. The fraction of sp³-hybridized carbons (Fsp3) is 0.381. The molecule has 1 aliphatic heterocycles. The van der Waals surface area contributed by atoms with Gasteiger partial charge in [0, 0.05) is 32.5 Å². The van der Waals surface area contributed by atoms with Gasteiger partial charge in [0.2, 0.25) is 53.2 Å². The third kappa shape index (κ3) is 18.3. The van der Waals surface area contributed by atoms with Crippen molar-refractivity contribution in [3.8, 4) is 0 Å².